The smallest absolute Gasteiger partial charge is 0.122 e. The summed E-state index contributed by atoms with van der Waals surface area (Å²) in [5.41, 5.74) is 3.48. The van der Waals surface area contributed by atoms with E-state index in [1.165, 1.54) is 31.2 Å². The Bertz CT molecular complexity index is 394. The van der Waals surface area contributed by atoms with Crippen molar-refractivity contribution in [2.45, 2.75) is 31.1 Å². The predicted octanol–water partition coefficient (Wildman–Crippen LogP) is 2.26. The Morgan fingerprint density at radius 3 is 2.75 bits per heavy atom. The number of fused-ring (bicyclic) bond motifs is 2. The minimum atomic E-state index is 0.453. The van der Waals surface area contributed by atoms with Crippen LogP contribution in [0, 0.1) is 0 Å². The number of methoxy groups -OCH3 is 1. The largest absolute Gasteiger partial charge is 0.496 e. The molecule has 1 spiro atoms. The SMILES string of the molecule is COc1cccc2c1CCC21CCNCC1. The van der Waals surface area contributed by atoms with Crippen LogP contribution < -0.4 is 10.1 Å². The van der Waals surface area contributed by atoms with Gasteiger partial charge >= 0.3 is 0 Å². The van der Waals surface area contributed by atoms with Crippen molar-refractivity contribution in [1.82, 2.24) is 5.32 Å². The summed E-state index contributed by atoms with van der Waals surface area (Å²) in [5, 5.41) is 3.46. The molecule has 1 N–H and O–H groups in total. The fraction of sp³-hybridized carbons (Fsp3) is 0.571. The molecule has 1 heterocycles. The van der Waals surface area contributed by atoms with Crippen LogP contribution in [0.4, 0.5) is 0 Å². The van der Waals surface area contributed by atoms with Crippen LogP contribution in [0.5, 0.6) is 5.75 Å². The zero-order valence-electron chi connectivity index (χ0n) is 9.88. The lowest BCUT2D eigenvalue weighted by Crippen LogP contribution is -2.38. The molecule has 2 heteroatoms. The van der Waals surface area contributed by atoms with Crippen molar-refractivity contribution in [2.24, 2.45) is 0 Å². The molecule has 0 atom stereocenters. The molecule has 1 aromatic carbocycles. The topological polar surface area (TPSA) is 21.3 Å². The quantitative estimate of drug-likeness (QED) is 0.779. The molecule has 1 saturated heterocycles. The van der Waals surface area contributed by atoms with Crippen molar-refractivity contribution >= 4 is 0 Å². The van der Waals surface area contributed by atoms with Gasteiger partial charge in [-0.3, -0.25) is 0 Å². The Hall–Kier alpha value is -1.02. The van der Waals surface area contributed by atoms with Gasteiger partial charge < -0.3 is 10.1 Å². The molecule has 2 nitrogen and oxygen atoms in total. The van der Waals surface area contributed by atoms with Gasteiger partial charge in [-0.2, -0.15) is 0 Å². The van der Waals surface area contributed by atoms with Crippen LogP contribution in [0.2, 0.25) is 0 Å². The van der Waals surface area contributed by atoms with Gasteiger partial charge in [0.15, 0.2) is 0 Å². The van der Waals surface area contributed by atoms with E-state index in [1.54, 1.807) is 12.7 Å². The summed E-state index contributed by atoms with van der Waals surface area (Å²) in [5.74, 6) is 1.09. The van der Waals surface area contributed by atoms with Crippen LogP contribution in [-0.4, -0.2) is 20.2 Å². The highest BCUT2D eigenvalue weighted by atomic mass is 16.5. The van der Waals surface area contributed by atoms with E-state index in [0.717, 1.165) is 18.8 Å². The van der Waals surface area contributed by atoms with Gasteiger partial charge in [0.2, 0.25) is 0 Å². The van der Waals surface area contributed by atoms with Crippen LogP contribution in [0.3, 0.4) is 0 Å². The molecular formula is C14H19NO. The third-order valence-corrected chi connectivity index (χ3v) is 4.34. The zero-order valence-corrected chi connectivity index (χ0v) is 9.88. The van der Waals surface area contributed by atoms with Gasteiger partial charge in [-0.1, -0.05) is 12.1 Å². The molecule has 2 aliphatic rings. The van der Waals surface area contributed by atoms with E-state index in [4.69, 9.17) is 4.74 Å². The van der Waals surface area contributed by atoms with E-state index in [2.05, 4.69) is 23.5 Å². The second-order valence-corrected chi connectivity index (χ2v) is 5.02. The summed E-state index contributed by atoms with van der Waals surface area (Å²) in [6.45, 7) is 2.33. The Labute approximate surface area is 97.0 Å². The van der Waals surface area contributed by atoms with Gasteiger partial charge in [0, 0.05) is 0 Å². The number of hydrogen-bond donors (Lipinski definition) is 1. The molecule has 1 aliphatic heterocycles. The Kier molecular flexibility index (Phi) is 2.40. The molecule has 0 saturated carbocycles. The molecule has 0 bridgehead atoms. The summed E-state index contributed by atoms with van der Waals surface area (Å²) in [7, 11) is 1.78. The van der Waals surface area contributed by atoms with Crippen LogP contribution >= 0.6 is 0 Å². The molecule has 16 heavy (non-hydrogen) atoms. The number of piperidine rings is 1. The predicted molar refractivity (Wildman–Crippen MR) is 65.1 cm³/mol. The fourth-order valence-corrected chi connectivity index (χ4v) is 3.44. The second-order valence-electron chi connectivity index (χ2n) is 5.02. The third kappa shape index (κ3) is 1.36. The number of nitrogens with one attached hydrogen (secondary N) is 1. The summed E-state index contributed by atoms with van der Waals surface area (Å²) in [6.07, 6.45) is 5.07. The maximum Gasteiger partial charge on any atom is 0.122 e. The average molecular weight is 217 g/mol. The number of ether oxygens (including phenoxy) is 1. The first-order chi connectivity index (χ1) is 7.86. The highest BCUT2D eigenvalue weighted by Gasteiger charge is 2.40. The number of benzene rings is 1. The van der Waals surface area contributed by atoms with Crippen molar-refractivity contribution in [1.29, 1.82) is 0 Å². The molecule has 86 valence electrons. The van der Waals surface area contributed by atoms with Crippen LogP contribution in [0.25, 0.3) is 0 Å². The minimum Gasteiger partial charge on any atom is -0.496 e. The first kappa shape index (κ1) is 10.2. The van der Waals surface area contributed by atoms with E-state index in [1.807, 2.05) is 0 Å². The number of hydrogen-bond acceptors (Lipinski definition) is 2. The highest BCUT2D eigenvalue weighted by Crippen LogP contribution is 2.47. The molecular weight excluding hydrogens is 198 g/mol. The summed E-state index contributed by atoms with van der Waals surface area (Å²) in [6, 6.07) is 6.56. The van der Waals surface area contributed by atoms with Crippen LogP contribution in [0.15, 0.2) is 18.2 Å². The monoisotopic (exact) mass is 217 g/mol. The highest BCUT2D eigenvalue weighted by molar-refractivity contribution is 5.48. The molecule has 0 unspecified atom stereocenters. The normalized spacial score (nSPS) is 22.1. The second kappa shape index (κ2) is 3.77. The average Bonchev–Trinajstić information content (AvgIpc) is 2.70. The molecule has 0 amide bonds. The maximum atomic E-state index is 5.48. The van der Waals surface area contributed by atoms with E-state index >= 15 is 0 Å². The fourth-order valence-electron chi connectivity index (χ4n) is 3.44. The molecule has 1 fully saturated rings. The van der Waals surface area contributed by atoms with Gasteiger partial charge in [-0.05, 0) is 61.4 Å². The van der Waals surface area contributed by atoms with Crippen molar-refractivity contribution in [3.63, 3.8) is 0 Å². The van der Waals surface area contributed by atoms with E-state index in [-0.39, 0.29) is 0 Å². The zero-order chi connectivity index (χ0) is 11.0. The van der Waals surface area contributed by atoms with Gasteiger partial charge in [-0.15, -0.1) is 0 Å². The first-order valence-electron chi connectivity index (χ1n) is 6.23. The lowest BCUT2D eigenvalue weighted by atomic mass is 9.74. The standard InChI is InChI=1S/C14H19NO/c1-16-13-4-2-3-12-11(13)5-6-14(12)7-9-15-10-8-14/h2-4,15H,5-10H2,1H3. The first-order valence-corrected chi connectivity index (χ1v) is 6.23. The van der Waals surface area contributed by atoms with Crippen molar-refractivity contribution < 1.29 is 4.74 Å². The van der Waals surface area contributed by atoms with E-state index < -0.39 is 0 Å². The molecule has 3 rings (SSSR count). The van der Waals surface area contributed by atoms with Crippen LogP contribution in [0.1, 0.15) is 30.4 Å². The Balaban J connectivity index is 2.04. The molecule has 0 radical (unpaired) electrons. The summed E-state index contributed by atoms with van der Waals surface area (Å²) < 4.78 is 5.48. The maximum absolute atomic E-state index is 5.48. The van der Waals surface area contributed by atoms with Crippen molar-refractivity contribution in [2.75, 3.05) is 20.2 Å². The molecule has 1 aliphatic carbocycles. The molecule has 0 aromatic heterocycles. The lowest BCUT2D eigenvalue weighted by Gasteiger charge is -2.35. The van der Waals surface area contributed by atoms with Crippen molar-refractivity contribution in [3.05, 3.63) is 29.3 Å². The lowest BCUT2D eigenvalue weighted by molar-refractivity contribution is 0.306. The van der Waals surface area contributed by atoms with Crippen LogP contribution in [-0.2, 0) is 11.8 Å². The molecule has 1 aromatic rings. The number of rotatable bonds is 1. The minimum absolute atomic E-state index is 0.453. The van der Waals surface area contributed by atoms with E-state index in [9.17, 15) is 0 Å². The van der Waals surface area contributed by atoms with Gasteiger partial charge in [0.25, 0.3) is 0 Å². The summed E-state index contributed by atoms with van der Waals surface area (Å²) >= 11 is 0. The van der Waals surface area contributed by atoms with Gasteiger partial charge in [0.1, 0.15) is 5.75 Å². The Morgan fingerprint density at radius 1 is 1.19 bits per heavy atom. The van der Waals surface area contributed by atoms with Gasteiger partial charge in [0.05, 0.1) is 7.11 Å². The Morgan fingerprint density at radius 2 is 2.00 bits per heavy atom. The van der Waals surface area contributed by atoms with E-state index in [0.29, 0.717) is 5.41 Å². The van der Waals surface area contributed by atoms with Crippen molar-refractivity contribution in [3.8, 4) is 5.75 Å². The third-order valence-electron chi connectivity index (χ3n) is 4.34. The summed E-state index contributed by atoms with van der Waals surface area (Å²) in [4.78, 5) is 0. The van der Waals surface area contributed by atoms with Gasteiger partial charge in [-0.25, -0.2) is 0 Å².